The van der Waals surface area contributed by atoms with Gasteiger partial charge < -0.3 is 9.52 Å². The molecule has 0 bridgehead atoms. The lowest BCUT2D eigenvalue weighted by atomic mass is 10.3. The first kappa shape index (κ1) is 11.9. The highest BCUT2D eigenvalue weighted by molar-refractivity contribution is 8.19. The smallest absolute Gasteiger partial charge is 0.323 e. The van der Waals surface area contributed by atoms with Gasteiger partial charge in [-0.1, -0.05) is 12.2 Å². The van der Waals surface area contributed by atoms with Gasteiger partial charge in [0.2, 0.25) is 0 Å². The molecule has 1 fully saturated rings. The van der Waals surface area contributed by atoms with Crippen LogP contribution in [0.25, 0.3) is 6.08 Å². The molecule has 2 rings (SSSR count). The zero-order chi connectivity index (χ0) is 12.4. The Labute approximate surface area is 106 Å². The molecule has 0 spiro atoms. The quantitative estimate of drug-likeness (QED) is 0.670. The largest absolute Gasteiger partial charge is 0.480 e. The number of nitrogens with zero attached hydrogens (tertiary/aromatic N) is 1. The van der Waals surface area contributed by atoms with Crippen LogP contribution in [0.4, 0.5) is 4.79 Å². The number of amides is 1. The molecule has 1 aromatic rings. The van der Waals surface area contributed by atoms with Crippen molar-refractivity contribution in [3.63, 3.8) is 0 Å². The molecule has 0 atom stereocenters. The van der Waals surface area contributed by atoms with E-state index in [2.05, 4.69) is 0 Å². The summed E-state index contributed by atoms with van der Waals surface area (Å²) in [4.78, 5) is 23.9. The Morgan fingerprint density at radius 1 is 1.65 bits per heavy atom. The molecule has 1 aliphatic heterocycles. The van der Waals surface area contributed by atoms with Crippen molar-refractivity contribution >= 4 is 46.3 Å². The van der Waals surface area contributed by atoms with Crippen LogP contribution >= 0.6 is 24.0 Å². The lowest BCUT2D eigenvalue weighted by Crippen LogP contribution is -2.32. The van der Waals surface area contributed by atoms with Gasteiger partial charge in [-0.25, -0.2) is 0 Å². The number of thioether (sulfide) groups is 1. The Morgan fingerprint density at radius 2 is 2.41 bits per heavy atom. The van der Waals surface area contributed by atoms with E-state index in [1.165, 1.54) is 6.26 Å². The molecule has 0 unspecified atom stereocenters. The molecule has 7 heteroatoms. The molecular formula is C10H7NO4S2. The van der Waals surface area contributed by atoms with E-state index >= 15 is 0 Å². The van der Waals surface area contributed by atoms with Crippen LogP contribution in [0.15, 0.2) is 27.7 Å². The summed E-state index contributed by atoms with van der Waals surface area (Å²) in [6.45, 7) is -0.417. The van der Waals surface area contributed by atoms with Crippen molar-refractivity contribution in [2.24, 2.45) is 0 Å². The Morgan fingerprint density at radius 3 is 3.00 bits per heavy atom. The number of carboxylic acid groups (broad SMARTS) is 1. The van der Waals surface area contributed by atoms with Crippen LogP contribution in [0.2, 0.25) is 0 Å². The van der Waals surface area contributed by atoms with Crippen molar-refractivity contribution in [2.75, 3.05) is 6.54 Å². The minimum Gasteiger partial charge on any atom is -0.480 e. The minimum atomic E-state index is -1.10. The average Bonchev–Trinajstić information content (AvgIpc) is 2.83. The molecule has 1 saturated heterocycles. The summed E-state index contributed by atoms with van der Waals surface area (Å²) in [6, 6.07) is 3.44. The minimum absolute atomic E-state index is 0.221. The van der Waals surface area contributed by atoms with Crippen LogP contribution in [0.5, 0.6) is 0 Å². The molecule has 88 valence electrons. The number of carbonyl (C=O) groups excluding carboxylic acids is 1. The van der Waals surface area contributed by atoms with Crippen LogP contribution in [0.1, 0.15) is 5.76 Å². The van der Waals surface area contributed by atoms with Crippen molar-refractivity contribution in [3.05, 3.63) is 29.1 Å². The van der Waals surface area contributed by atoms with E-state index in [1.807, 2.05) is 0 Å². The van der Waals surface area contributed by atoms with Gasteiger partial charge in [-0.3, -0.25) is 14.5 Å². The maximum atomic E-state index is 11.5. The Bertz CT molecular complexity index is 506. The first-order chi connectivity index (χ1) is 8.08. The molecule has 0 aliphatic carbocycles. The van der Waals surface area contributed by atoms with Gasteiger partial charge in [0.05, 0.1) is 11.2 Å². The third-order valence-corrected chi connectivity index (χ3v) is 3.48. The first-order valence-electron chi connectivity index (χ1n) is 4.58. The maximum absolute atomic E-state index is 11.5. The van der Waals surface area contributed by atoms with Gasteiger partial charge in [0.25, 0.3) is 5.24 Å². The molecular weight excluding hydrogens is 262 g/mol. The third kappa shape index (κ3) is 2.56. The second kappa shape index (κ2) is 4.72. The summed E-state index contributed by atoms with van der Waals surface area (Å²) in [5.74, 6) is -0.527. The zero-order valence-corrected chi connectivity index (χ0v) is 10.1. The second-order valence-corrected chi connectivity index (χ2v) is 4.56. The monoisotopic (exact) mass is 269 g/mol. The number of furan rings is 1. The van der Waals surface area contributed by atoms with Gasteiger partial charge in [0.15, 0.2) is 0 Å². The lowest BCUT2D eigenvalue weighted by molar-refractivity contribution is -0.136. The molecule has 1 N–H and O–H groups in total. The Hall–Kier alpha value is -1.60. The van der Waals surface area contributed by atoms with E-state index in [1.54, 1.807) is 18.2 Å². The molecule has 1 aliphatic rings. The Balaban J connectivity index is 2.21. The van der Waals surface area contributed by atoms with Crippen LogP contribution in [-0.4, -0.2) is 32.7 Å². The molecule has 1 amide bonds. The predicted octanol–water partition coefficient (Wildman–Crippen LogP) is 2.20. The summed E-state index contributed by atoms with van der Waals surface area (Å²) in [6.07, 6.45) is 3.12. The number of carbonyl (C=O) groups is 2. The number of thiocarbonyl (C=S) groups is 1. The SMILES string of the molecule is O=C(O)CN1C(=O)SC(=Cc2ccco2)C1=S. The molecule has 0 radical (unpaired) electrons. The van der Waals surface area contributed by atoms with Gasteiger partial charge in [-0.05, 0) is 30.0 Å². The molecule has 2 heterocycles. The van der Waals surface area contributed by atoms with E-state index in [9.17, 15) is 9.59 Å². The van der Waals surface area contributed by atoms with E-state index in [0.717, 1.165) is 16.7 Å². The van der Waals surface area contributed by atoms with Crippen LogP contribution in [-0.2, 0) is 4.79 Å². The third-order valence-electron chi connectivity index (χ3n) is 1.98. The normalized spacial score (nSPS) is 18.1. The highest BCUT2D eigenvalue weighted by Crippen LogP contribution is 2.33. The van der Waals surface area contributed by atoms with Crippen molar-refractivity contribution in [2.45, 2.75) is 0 Å². The number of carboxylic acids is 1. The Kier molecular flexibility index (Phi) is 3.30. The molecule has 17 heavy (non-hydrogen) atoms. The second-order valence-electron chi connectivity index (χ2n) is 3.18. The first-order valence-corrected chi connectivity index (χ1v) is 5.81. The van der Waals surface area contributed by atoms with Crippen molar-refractivity contribution in [1.29, 1.82) is 0 Å². The van der Waals surface area contributed by atoms with Crippen LogP contribution in [0.3, 0.4) is 0 Å². The van der Waals surface area contributed by atoms with E-state index in [0.29, 0.717) is 10.7 Å². The molecule has 5 nitrogen and oxygen atoms in total. The fourth-order valence-corrected chi connectivity index (χ4v) is 2.49. The van der Waals surface area contributed by atoms with Crippen molar-refractivity contribution in [1.82, 2.24) is 4.90 Å². The maximum Gasteiger partial charge on any atom is 0.323 e. The topological polar surface area (TPSA) is 70.8 Å². The number of rotatable bonds is 3. The zero-order valence-electron chi connectivity index (χ0n) is 8.45. The summed E-state index contributed by atoms with van der Waals surface area (Å²) < 4.78 is 5.10. The summed E-state index contributed by atoms with van der Waals surface area (Å²) in [5.41, 5.74) is 0. The van der Waals surface area contributed by atoms with Crippen LogP contribution in [0, 0.1) is 0 Å². The van der Waals surface area contributed by atoms with Crippen LogP contribution < -0.4 is 0 Å². The number of aliphatic carboxylic acids is 1. The summed E-state index contributed by atoms with van der Waals surface area (Å²) in [5, 5.41) is 8.27. The standard InChI is InChI=1S/C10H7NO4S2/c12-8(13)5-11-9(16)7(17-10(11)14)4-6-2-1-3-15-6/h1-4H,5H2,(H,12,13). The van der Waals surface area contributed by atoms with Gasteiger partial charge in [0.1, 0.15) is 17.3 Å². The molecule has 1 aromatic heterocycles. The highest BCUT2D eigenvalue weighted by atomic mass is 32.2. The predicted molar refractivity (Wildman–Crippen MR) is 66.6 cm³/mol. The van der Waals surface area contributed by atoms with Gasteiger partial charge in [-0.15, -0.1) is 0 Å². The molecule has 0 saturated carbocycles. The fourth-order valence-electron chi connectivity index (χ4n) is 1.27. The van der Waals surface area contributed by atoms with Crippen molar-refractivity contribution < 1.29 is 19.1 Å². The van der Waals surface area contributed by atoms with Crippen molar-refractivity contribution in [3.8, 4) is 0 Å². The van der Waals surface area contributed by atoms with E-state index in [-0.39, 0.29) is 10.2 Å². The number of hydrogen-bond acceptors (Lipinski definition) is 5. The highest BCUT2D eigenvalue weighted by Gasteiger charge is 2.33. The van der Waals surface area contributed by atoms with E-state index < -0.39 is 12.5 Å². The van der Waals surface area contributed by atoms with Gasteiger partial charge >= 0.3 is 5.97 Å². The lowest BCUT2D eigenvalue weighted by Gasteiger charge is -2.10. The van der Waals surface area contributed by atoms with E-state index in [4.69, 9.17) is 21.7 Å². The average molecular weight is 269 g/mol. The fraction of sp³-hybridized carbons (Fsp3) is 0.100. The summed E-state index contributed by atoms with van der Waals surface area (Å²) in [7, 11) is 0. The molecule has 0 aromatic carbocycles. The summed E-state index contributed by atoms with van der Waals surface area (Å²) >= 11 is 5.95. The van der Waals surface area contributed by atoms with Gasteiger partial charge in [-0.2, -0.15) is 0 Å². The van der Waals surface area contributed by atoms with Gasteiger partial charge in [0, 0.05) is 0 Å². The number of hydrogen-bond donors (Lipinski definition) is 1.